The molecule has 1 N–H and O–H groups in total. The average molecular weight is 356 g/mol. The minimum Gasteiger partial charge on any atom is -0.464 e. The number of aryl methyl sites for hydroxylation is 2. The maximum absolute atomic E-state index is 10.4. The van der Waals surface area contributed by atoms with Crippen LogP contribution in [0.4, 0.5) is 5.82 Å². The molecule has 0 bridgehead atoms. The molecule has 2 fully saturated rings. The topological polar surface area (TPSA) is 65.6 Å². The molecule has 6 heteroatoms. The van der Waals surface area contributed by atoms with Crippen molar-refractivity contribution in [3.05, 3.63) is 41.7 Å². The second-order valence-electron chi connectivity index (χ2n) is 7.65. The fourth-order valence-electron chi connectivity index (χ4n) is 3.95. The predicted octanol–water partition coefficient (Wildman–Crippen LogP) is 2.85. The summed E-state index contributed by atoms with van der Waals surface area (Å²) in [4.78, 5) is 13.6. The highest BCUT2D eigenvalue weighted by Gasteiger charge is 2.36. The minimum absolute atomic E-state index is 0.524. The first-order valence-corrected chi connectivity index (χ1v) is 9.64. The van der Waals surface area contributed by atoms with Crippen molar-refractivity contribution in [2.24, 2.45) is 0 Å². The fraction of sp³-hybridized carbons (Fsp3) is 0.600. The van der Waals surface area contributed by atoms with E-state index in [1.807, 2.05) is 26.0 Å². The van der Waals surface area contributed by atoms with Crippen LogP contribution in [0, 0.1) is 13.8 Å². The first-order chi connectivity index (χ1) is 12.6. The predicted molar refractivity (Wildman–Crippen MR) is 100 cm³/mol. The van der Waals surface area contributed by atoms with Crippen molar-refractivity contribution in [2.45, 2.75) is 57.7 Å². The van der Waals surface area contributed by atoms with Gasteiger partial charge in [-0.2, -0.15) is 0 Å². The van der Waals surface area contributed by atoms with Gasteiger partial charge in [-0.3, -0.25) is 0 Å². The van der Waals surface area contributed by atoms with Gasteiger partial charge in [-0.15, -0.1) is 0 Å². The van der Waals surface area contributed by atoms with E-state index in [4.69, 9.17) is 4.42 Å². The Labute approximate surface area is 154 Å². The van der Waals surface area contributed by atoms with Crippen LogP contribution in [0.1, 0.15) is 49.0 Å². The van der Waals surface area contributed by atoms with Crippen LogP contribution in [-0.4, -0.2) is 51.7 Å². The van der Waals surface area contributed by atoms with Gasteiger partial charge in [0.25, 0.3) is 0 Å². The summed E-state index contributed by atoms with van der Waals surface area (Å²) in [6, 6.07) is 7.04. The summed E-state index contributed by atoms with van der Waals surface area (Å²) in [6.45, 7) is 6.55. The number of nitrogens with zero attached hydrogens (tertiary/aromatic N) is 4. The highest BCUT2D eigenvalue weighted by molar-refractivity contribution is 5.43. The Morgan fingerprint density at radius 2 is 1.88 bits per heavy atom. The van der Waals surface area contributed by atoms with E-state index in [9.17, 15) is 5.11 Å². The third-order valence-corrected chi connectivity index (χ3v) is 5.47. The van der Waals surface area contributed by atoms with Crippen LogP contribution < -0.4 is 4.90 Å². The molecule has 26 heavy (non-hydrogen) atoms. The highest BCUT2D eigenvalue weighted by atomic mass is 16.4. The zero-order valence-corrected chi connectivity index (χ0v) is 15.6. The van der Waals surface area contributed by atoms with Gasteiger partial charge in [0.05, 0.1) is 0 Å². The Bertz CT molecular complexity index is 735. The van der Waals surface area contributed by atoms with E-state index in [1.165, 1.54) is 12.8 Å². The molecule has 0 spiro atoms. The zero-order chi connectivity index (χ0) is 18.1. The van der Waals surface area contributed by atoms with Crippen LogP contribution in [0.25, 0.3) is 0 Å². The van der Waals surface area contributed by atoms with Crippen LogP contribution >= 0.6 is 0 Å². The second-order valence-corrected chi connectivity index (χ2v) is 7.65. The van der Waals surface area contributed by atoms with Crippen LogP contribution in [0.15, 0.2) is 28.9 Å². The smallest absolute Gasteiger partial charge is 0.133 e. The Morgan fingerprint density at radius 1 is 1.15 bits per heavy atom. The van der Waals surface area contributed by atoms with Crippen molar-refractivity contribution in [1.82, 2.24) is 14.9 Å². The molecule has 1 unspecified atom stereocenters. The number of hydrogen-bond acceptors (Lipinski definition) is 6. The summed E-state index contributed by atoms with van der Waals surface area (Å²) < 4.78 is 5.56. The SMILES string of the molecule is Cc1cc(N(C2CC2)C2CCN(CC(O)c3ccc(C)o3)CC2)ncn1. The van der Waals surface area contributed by atoms with Gasteiger partial charge in [0, 0.05) is 43.5 Å². The van der Waals surface area contributed by atoms with Crippen molar-refractivity contribution in [1.29, 1.82) is 0 Å². The molecule has 0 aromatic carbocycles. The van der Waals surface area contributed by atoms with E-state index >= 15 is 0 Å². The molecule has 0 amide bonds. The van der Waals surface area contributed by atoms with Gasteiger partial charge in [0.2, 0.25) is 0 Å². The zero-order valence-electron chi connectivity index (χ0n) is 15.6. The second kappa shape index (κ2) is 7.37. The Balaban J connectivity index is 1.36. The summed E-state index contributed by atoms with van der Waals surface area (Å²) >= 11 is 0. The number of likely N-dealkylation sites (tertiary alicyclic amines) is 1. The number of piperidine rings is 1. The van der Waals surface area contributed by atoms with E-state index in [0.29, 0.717) is 24.4 Å². The lowest BCUT2D eigenvalue weighted by molar-refractivity contribution is 0.0806. The summed E-state index contributed by atoms with van der Waals surface area (Å²) in [7, 11) is 0. The number of hydrogen-bond donors (Lipinski definition) is 1. The molecule has 3 heterocycles. The van der Waals surface area contributed by atoms with Crippen LogP contribution in [0.5, 0.6) is 0 Å². The molecule has 1 aliphatic heterocycles. The summed E-state index contributed by atoms with van der Waals surface area (Å²) in [5.74, 6) is 2.59. The molecule has 2 aromatic heterocycles. The molecule has 2 aliphatic rings. The van der Waals surface area contributed by atoms with Gasteiger partial charge >= 0.3 is 0 Å². The lowest BCUT2D eigenvalue weighted by atomic mass is 10.0. The molecule has 0 radical (unpaired) electrons. The molecule has 1 saturated heterocycles. The van der Waals surface area contributed by atoms with Crippen LogP contribution in [0.2, 0.25) is 0 Å². The molecule has 1 saturated carbocycles. The number of aromatic nitrogens is 2. The van der Waals surface area contributed by atoms with E-state index in [0.717, 1.165) is 43.2 Å². The van der Waals surface area contributed by atoms with Gasteiger partial charge < -0.3 is 19.3 Å². The molecule has 1 atom stereocenters. The normalized spacial score (nSPS) is 20.3. The van der Waals surface area contributed by atoms with Crippen molar-refractivity contribution < 1.29 is 9.52 Å². The number of rotatable bonds is 6. The highest BCUT2D eigenvalue weighted by Crippen LogP contribution is 2.35. The fourth-order valence-corrected chi connectivity index (χ4v) is 3.95. The van der Waals surface area contributed by atoms with Gasteiger partial charge in [-0.25, -0.2) is 9.97 Å². The lowest BCUT2D eigenvalue weighted by Gasteiger charge is -2.39. The van der Waals surface area contributed by atoms with E-state index in [1.54, 1.807) is 6.33 Å². The molecule has 2 aromatic rings. The molecule has 1 aliphatic carbocycles. The van der Waals surface area contributed by atoms with E-state index < -0.39 is 6.10 Å². The molecule has 4 rings (SSSR count). The summed E-state index contributed by atoms with van der Waals surface area (Å²) in [6.07, 6.45) is 5.85. The first kappa shape index (κ1) is 17.5. The van der Waals surface area contributed by atoms with Gasteiger partial charge in [-0.05, 0) is 51.7 Å². The van der Waals surface area contributed by atoms with Crippen LogP contribution in [-0.2, 0) is 0 Å². The number of aliphatic hydroxyl groups is 1. The molecular formula is C20H28N4O2. The van der Waals surface area contributed by atoms with Crippen molar-refractivity contribution in [2.75, 3.05) is 24.5 Å². The standard InChI is InChI=1S/C20H28N4O2/c1-14-11-20(22-13-21-14)24(16-4-5-16)17-7-9-23(10-8-17)12-18(25)19-6-3-15(2)26-19/h3,6,11,13,16-18,25H,4-5,7-10,12H2,1-2H3. The number of anilines is 1. The summed E-state index contributed by atoms with van der Waals surface area (Å²) in [5.41, 5.74) is 1.02. The number of aliphatic hydroxyl groups excluding tert-OH is 1. The van der Waals surface area contributed by atoms with Gasteiger partial charge in [0.1, 0.15) is 29.8 Å². The molecular weight excluding hydrogens is 328 g/mol. The monoisotopic (exact) mass is 356 g/mol. The van der Waals surface area contributed by atoms with E-state index in [-0.39, 0.29) is 0 Å². The lowest BCUT2D eigenvalue weighted by Crippen LogP contribution is -2.47. The molecule has 6 nitrogen and oxygen atoms in total. The number of furan rings is 1. The third-order valence-electron chi connectivity index (χ3n) is 5.47. The average Bonchev–Trinajstić information content (AvgIpc) is 3.36. The van der Waals surface area contributed by atoms with Gasteiger partial charge in [0.15, 0.2) is 0 Å². The Hall–Kier alpha value is -1.92. The van der Waals surface area contributed by atoms with E-state index in [2.05, 4.69) is 25.8 Å². The maximum atomic E-state index is 10.4. The minimum atomic E-state index is -0.552. The quantitative estimate of drug-likeness (QED) is 0.859. The summed E-state index contributed by atoms with van der Waals surface area (Å²) in [5, 5.41) is 10.4. The van der Waals surface area contributed by atoms with Gasteiger partial charge in [-0.1, -0.05) is 0 Å². The maximum Gasteiger partial charge on any atom is 0.133 e. The third kappa shape index (κ3) is 3.91. The first-order valence-electron chi connectivity index (χ1n) is 9.64. The largest absolute Gasteiger partial charge is 0.464 e. The van der Waals surface area contributed by atoms with Crippen molar-refractivity contribution in [3.63, 3.8) is 0 Å². The van der Waals surface area contributed by atoms with Crippen molar-refractivity contribution in [3.8, 4) is 0 Å². The Kier molecular flexibility index (Phi) is 4.96. The van der Waals surface area contributed by atoms with Crippen LogP contribution in [0.3, 0.4) is 0 Å². The Morgan fingerprint density at radius 3 is 2.50 bits per heavy atom. The van der Waals surface area contributed by atoms with Crippen molar-refractivity contribution >= 4 is 5.82 Å². The molecule has 140 valence electrons. The number of β-amino-alcohol motifs (C(OH)–C–C–N with tert-alkyl or cyclic N) is 1.